The average molecular weight is 393 g/mol. The monoisotopic (exact) mass is 392 g/mol. The predicted octanol–water partition coefficient (Wildman–Crippen LogP) is 2.03. The van der Waals surface area contributed by atoms with Crippen LogP contribution in [0.5, 0.6) is 5.75 Å². The van der Waals surface area contributed by atoms with Crippen LogP contribution < -0.4 is 14.8 Å². The van der Waals surface area contributed by atoms with Gasteiger partial charge in [0, 0.05) is 19.1 Å². The maximum Gasteiger partial charge on any atom is 0.240 e. The summed E-state index contributed by atoms with van der Waals surface area (Å²) < 4.78 is 39.0. The van der Waals surface area contributed by atoms with E-state index in [1.807, 2.05) is 6.92 Å². The van der Waals surface area contributed by atoms with E-state index in [2.05, 4.69) is 10.0 Å². The third-order valence-corrected chi connectivity index (χ3v) is 6.28. The Kier molecular flexibility index (Phi) is 8.15. The second-order valence-electron chi connectivity index (χ2n) is 6.59. The maximum atomic E-state index is 12.8. The van der Waals surface area contributed by atoms with Gasteiger partial charge in [0.15, 0.2) is 0 Å². The molecule has 6 nitrogen and oxygen atoms in total. The van der Waals surface area contributed by atoms with Crippen molar-refractivity contribution in [3.63, 3.8) is 0 Å². The molecule has 0 radical (unpaired) electrons. The van der Waals surface area contributed by atoms with Crippen LogP contribution in [0.3, 0.4) is 0 Å². The van der Waals surface area contributed by atoms with E-state index in [1.165, 1.54) is 0 Å². The number of ether oxygens (including phenoxy) is 2. The molecule has 0 spiro atoms. The lowest BCUT2D eigenvalue weighted by molar-refractivity contribution is 0.0577. The molecule has 0 atom stereocenters. The standard InChI is InChI=1S/C17H28N2O4S.ClH/c1-13-10-16(14(2)9-15(13)23-4)24(20,21)19-11-17(12-22-3)5-7-18-8-6-17;/h9-10,18-19H,5-8,11-12H2,1-4H3;1H. The quantitative estimate of drug-likeness (QED) is 0.742. The Morgan fingerprint density at radius 3 is 2.36 bits per heavy atom. The van der Waals surface area contributed by atoms with Crippen molar-refractivity contribution in [3.8, 4) is 5.75 Å². The Morgan fingerprint density at radius 1 is 1.16 bits per heavy atom. The zero-order valence-corrected chi connectivity index (χ0v) is 17.0. The SMILES string of the molecule is COCC1(CNS(=O)(=O)c2cc(C)c(OC)cc2C)CCNCC1.Cl. The summed E-state index contributed by atoms with van der Waals surface area (Å²) in [4.78, 5) is 0.308. The molecule has 144 valence electrons. The van der Waals surface area contributed by atoms with Crippen molar-refractivity contribution in [3.05, 3.63) is 23.3 Å². The maximum absolute atomic E-state index is 12.8. The van der Waals surface area contributed by atoms with Crippen LogP contribution in [-0.2, 0) is 14.8 Å². The van der Waals surface area contributed by atoms with Gasteiger partial charge in [0.1, 0.15) is 5.75 Å². The summed E-state index contributed by atoms with van der Waals surface area (Å²) in [6, 6.07) is 3.43. The van der Waals surface area contributed by atoms with Gasteiger partial charge >= 0.3 is 0 Å². The molecular weight excluding hydrogens is 364 g/mol. The number of benzene rings is 1. The van der Waals surface area contributed by atoms with E-state index in [4.69, 9.17) is 9.47 Å². The van der Waals surface area contributed by atoms with Crippen molar-refractivity contribution in [1.29, 1.82) is 0 Å². The van der Waals surface area contributed by atoms with E-state index < -0.39 is 10.0 Å². The Balaban J connectivity index is 0.00000312. The van der Waals surface area contributed by atoms with Crippen LogP contribution in [0.1, 0.15) is 24.0 Å². The summed E-state index contributed by atoms with van der Waals surface area (Å²) in [6.45, 7) is 6.33. The molecule has 2 N–H and O–H groups in total. The van der Waals surface area contributed by atoms with E-state index in [9.17, 15) is 8.42 Å². The molecule has 8 heteroatoms. The second kappa shape index (κ2) is 9.19. The van der Waals surface area contributed by atoms with E-state index in [-0.39, 0.29) is 17.8 Å². The van der Waals surface area contributed by atoms with Crippen molar-refractivity contribution >= 4 is 22.4 Å². The second-order valence-corrected chi connectivity index (χ2v) is 8.33. The van der Waals surface area contributed by atoms with Gasteiger partial charge in [-0.05, 0) is 63.0 Å². The van der Waals surface area contributed by atoms with Crippen molar-refractivity contribution in [1.82, 2.24) is 10.0 Å². The predicted molar refractivity (Wildman–Crippen MR) is 101 cm³/mol. The smallest absolute Gasteiger partial charge is 0.240 e. The fraction of sp³-hybridized carbons (Fsp3) is 0.647. The highest BCUT2D eigenvalue weighted by atomic mass is 35.5. The number of sulfonamides is 1. The summed E-state index contributed by atoms with van der Waals surface area (Å²) in [5, 5.41) is 3.31. The summed E-state index contributed by atoms with van der Waals surface area (Å²) in [5.41, 5.74) is 1.33. The highest BCUT2D eigenvalue weighted by Gasteiger charge is 2.34. The molecule has 1 heterocycles. The topological polar surface area (TPSA) is 76.7 Å². The number of aryl methyl sites for hydroxylation is 2. The summed E-state index contributed by atoms with van der Waals surface area (Å²) >= 11 is 0. The first-order chi connectivity index (χ1) is 11.3. The molecule has 2 rings (SSSR count). The van der Waals surface area contributed by atoms with Crippen LogP contribution in [0, 0.1) is 19.3 Å². The fourth-order valence-electron chi connectivity index (χ4n) is 3.23. The lowest BCUT2D eigenvalue weighted by Gasteiger charge is -2.37. The first-order valence-corrected chi connectivity index (χ1v) is 9.66. The zero-order chi connectivity index (χ0) is 17.8. The Bertz CT molecular complexity index is 668. The lowest BCUT2D eigenvalue weighted by Crippen LogP contribution is -2.47. The first-order valence-electron chi connectivity index (χ1n) is 8.18. The van der Waals surface area contributed by atoms with Gasteiger partial charge in [0.2, 0.25) is 10.0 Å². The average Bonchev–Trinajstić information content (AvgIpc) is 2.56. The largest absolute Gasteiger partial charge is 0.496 e. The van der Waals surface area contributed by atoms with E-state index >= 15 is 0 Å². The fourth-order valence-corrected chi connectivity index (χ4v) is 4.70. The number of nitrogens with one attached hydrogen (secondary N) is 2. The summed E-state index contributed by atoms with van der Waals surface area (Å²) in [7, 11) is -0.331. The molecular formula is C17H29ClN2O4S. The number of piperidine rings is 1. The first kappa shape index (κ1) is 22.2. The van der Waals surface area contributed by atoms with Gasteiger partial charge in [0.25, 0.3) is 0 Å². The van der Waals surface area contributed by atoms with Gasteiger partial charge in [-0.15, -0.1) is 12.4 Å². The number of methoxy groups -OCH3 is 2. The van der Waals surface area contributed by atoms with Gasteiger partial charge < -0.3 is 14.8 Å². The van der Waals surface area contributed by atoms with Crippen LogP contribution in [-0.4, -0.2) is 48.9 Å². The molecule has 0 aliphatic carbocycles. The molecule has 0 saturated carbocycles. The van der Waals surface area contributed by atoms with E-state index in [0.29, 0.717) is 29.4 Å². The van der Waals surface area contributed by atoms with Gasteiger partial charge in [-0.1, -0.05) is 0 Å². The minimum Gasteiger partial charge on any atom is -0.496 e. The summed E-state index contributed by atoms with van der Waals surface area (Å²) in [6.07, 6.45) is 1.79. The number of hydrogen-bond donors (Lipinski definition) is 2. The third-order valence-electron chi connectivity index (χ3n) is 4.73. The van der Waals surface area contributed by atoms with Gasteiger partial charge in [-0.3, -0.25) is 0 Å². The van der Waals surface area contributed by atoms with Crippen molar-refractivity contribution < 1.29 is 17.9 Å². The molecule has 1 aromatic carbocycles. The van der Waals surface area contributed by atoms with Crippen molar-refractivity contribution in [2.45, 2.75) is 31.6 Å². The van der Waals surface area contributed by atoms with Crippen molar-refractivity contribution in [2.75, 3.05) is 40.5 Å². The molecule has 1 saturated heterocycles. The Morgan fingerprint density at radius 2 is 1.80 bits per heavy atom. The minimum absolute atomic E-state index is 0. The lowest BCUT2D eigenvalue weighted by atomic mass is 9.80. The normalized spacial score (nSPS) is 17.0. The zero-order valence-electron chi connectivity index (χ0n) is 15.3. The molecule has 1 aliphatic heterocycles. The number of halogens is 1. The molecule has 0 aromatic heterocycles. The van der Waals surface area contributed by atoms with E-state index in [0.717, 1.165) is 31.5 Å². The molecule has 1 aliphatic rings. The van der Waals surface area contributed by atoms with Crippen molar-refractivity contribution in [2.24, 2.45) is 5.41 Å². The molecule has 0 unspecified atom stereocenters. The van der Waals surface area contributed by atoms with Crippen LogP contribution in [0.4, 0.5) is 0 Å². The van der Waals surface area contributed by atoms with Crippen LogP contribution in [0.15, 0.2) is 17.0 Å². The highest BCUT2D eigenvalue weighted by molar-refractivity contribution is 7.89. The Labute approximate surface area is 157 Å². The van der Waals surface area contributed by atoms with E-state index in [1.54, 1.807) is 33.3 Å². The summed E-state index contributed by atoms with van der Waals surface area (Å²) in [5.74, 6) is 0.695. The molecule has 25 heavy (non-hydrogen) atoms. The van der Waals surface area contributed by atoms with Crippen LogP contribution in [0.25, 0.3) is 0 Å². The molecule has 1 aromatic rings. The molecule has 0 amide bonds. The number of rotatable bonds is 7. The molecule has 1 fully saturated rings. The van der Waals surface area contributed by atoms with Gasteiger partial charge in [-0.25, -0.2) is 13.1 Å². The number of hydrogen-bond acceptors (Lipinski definition) is 5. The van der Waals surface area contributed by atoms with Gasteiger partial charge in [0.05, 0.1) is 18.6 Å². The van der Waals surface area contributed by atoms with Gasteiger partial charge in [-0.2, -0.15) is 0 Å². The Hall–Kier alpha value is -0.860. The van der Waals surface area contributed by atoms with Crippen LogP contribution >= 0.6 is 12.4 Å². The molecule has 0 bridgehead atoms. The third kappa shape index (κ3) is 5.31. The minimum atomic E-state index is -3.58. The highest BCUT2D eigenvalue weighted by Crippen LogP contribution is 2.30. The van der Waals surface area contributed by atoms with Crippen LogP contribution in [0.2, 0.25) is 0 Å².